The van der Waals surface area contributed by atoms with Crippen LogP contribution in [0.25, 0.3) is 0 Å². The van der Waals surface area contributed by atoms with E-state index in [0.717, 1.165) is 13.2 Å². The highest BCUT2D eigenvalue weighted by molar-refractivity contribution is 5.96. The molecule has 0 aliphatic carbocycles. The molecule has 132 valence electrons. The lowest BCUT2D eigenvalue weighted by Gasteiger charge is -2.19. The van der Waals surface area contributed by atoms with Gasteiger partial charge in [0, 0.05) is 24.4 Å². The van der Waals surface area contributed by atoms with Crippen molar-refractivity contribution in [3.05, 3.63) is 65.5 Å². The minimum atomic E-state index is -4.56. The molecule has 1 atom stereocenters. The number of aromatic nitrogens is 1. The molecule has 0 bridgehead atoms. The van der Waals surface area contributed by atoms with Gasteiger partial charge in [-0.25, -0.2) is 4.79 Å². The van der Waals surface area contributed by atoms with Gasteiger partial charge in [-0.1, -0.05) is 18.2 Å². The second-order valence-corrected chi connectivity index (χ2v) is 5.14. The van der Waals surface area contributed by atoms with Crippen molar-refractivity contribution in [3.8, 4) is 0 Å². The molecule has 0 aliphatic heterocycles. The zero-order valence-electron chi connectivity index (χ0n) is 13.2. The molecule has 0 fully saturated rings. The lowest BCUT2D eigenvalue weighted by Crippen LogP contribution is -2.43. The normalized spacial score (nSPS) is 12.3. The van der Waals surface area contributed by atoms with Gasteiger partial charge in [-0.15, -0.1) is 0 Å². The van der Waals surface area contributed by atoms with E-state index in [1.54, 1.807) is 0 Å². The molecule has 2 aromatic rings. The summed E-state index contributed by atoms with van der Waals surface area (Å²) in [4.78, 5) is 27.9. The van der Waals surface area contributed by atoms with Crippen LogP contribution in [0.1, 0.15) is 21.5 Å². The van der Waals surface area contributed by atoms with Crippen LogP contribution in [-0.2, 0) is 22.1 Å². The van der Waals surface area contributed by atoms with E-state index in [1.165, 1.54) is 42.7 Å². The minimum absolute atomic E-state index is 0.111. The summed E-state index contributed by atoms with van der Waals surface area (Å²) in [7, 11) is 1.10. The van der Waals surface area contributed by atoms with Gasteiger partial charge in [0.2, 0.25) is 0 Å². The number of hydrogen-bond acceptors (Lipinski definition) is 4. The van der Waals surface area contributed by atoms with Crippen molar-refractivity contribution in [3.63, 3.8) is 0 Å². The summed E-state index contributed by atoms with van der Waals surface area (Å²) in [6.45, 7) is 0. The van der Waals surface area contributed by atoms with Gasteiger partial charge in [0.25, 0.3) is 5.91 Å². The number of pyridine rings is 1. The van der Waals surface area contributed by atoms with Crippen LogP contribution in [0.4, 0.5) is 13.2 Å². The molecule has 0 unspecified atom stereocenters. The van der Waals surface area contributed by atoms with E-state index < -0.39 is 29.7 Å². The molecule has 1 heterocycles. The fourth-order valence-corrected chi connectivity index (χ4v) is 2.28. The number of hydrogen-bond donors (Lipinski definition) is 1. The molecule has 1 amide bonds. The number of halogens is 3. The second-order valence-electron chi connectivity index (χ2n) is 5.14. The SMILES string of the molecule is COC(=O)[C@@H](Cc1ccccc1C(F)(F)F)NC(=O)c1ccncc1. The average Bonchev–Trinajstić information content (AvgIpc) is 2.60. The first kappa shape index (κ1) is 18.4. The Labute approximate surface area is 141 Å². The zero-order valence-corrected chi connectivity index (χ0v) is 13.2. The molecule has 0 saturated heterocycles. The third-order valence-corrected chi connectivity index (χ3v) is 3.48. The number of amides is 1. The third-order valence-electron chi connectivity index (χ3n) is 3.48. The maximum Gasteiger partial charge on any atom is 0.416 e. The highest BCUT2D eigenvalue weighted by Gasteiger charge is 2.34. The second kappa shape index (κ2) is 7.78. The Hall–Kier alpha value is -2.90. The van der Waals surface area contributed by atoms with Gasteiger partial charge in [0.05, 0.1) is 12.7 Å². The van der Waals surface area contributed by atoms with E-state index in [0.29, 0.717) is 0 Å². The maximum absolute atomic E-state index is 13.1. The van der Waals surface area contributed by atoms with Crippen molar-refractivity contribution in [2.24, 2.45) is 0 Å². The molecular formula is C17H15F3N2O3. The minimum Gasteiger partial charge on any atom is -0.467 e. The molecule has 5 nitrogen and oxygen atoms in total. The van der Waals surface area contributed by atoms with Crippen LogP contribution in [0.15, 0.2) is 48.8 Å². The number of nitrogens with zero attached hydrogens (tertiary/aromatic N) is 1. The van der Waals surface area contributed by atoms with Crippen LogP contribution in [0.5, 0.6) is 0 Å². The number of nitrogens with one attached hydrogen (secondary N) is 1. The smallest absolute Gasteiger partial charge is 0.416 e. The Kier molecular flexibility index (Phi) is 5.74. The molecule has 0 aliphatic rings. The van der Waals surface area contributed by atoms with Gasteiger partial charge < -0.3 is 10.1 Å². The van der Waals surface area contributed by atoms with Crippen molar-refractivity contribution >= 4 is 11.9 Å². The Morgan fingerprint density at radius 1 is 1.16 bits per heavy atom. The zero-order chi connectivity index (χ0) is 18.4. The number of rotatable bonds is 5. The van der Waals surface area contributed by atoms with Gasteiger partial charge in [-0.2, -0.15) is 13.2 Å². The van der Waals surface area contributed by atoms with Crippen molar-refractivity contribution < 1.29 is 27.5 Å². The molecular weight excluding hydrogens is 337 g/mol. The van der Waals surface area contributed by atoms with Crippen molar-refractivity contribution in [1.29, 1.82) is 0 Å². The lowest BCUT2D eigenvalue weighted by molar-refractivity contribution is -0.144. The van der Waals surface area contributed by atoms with E-state index in [1.807, 2.05) is 0 Å². The number of methoxy groups -OCH3 is 1. The number of alkyl halides is 3. The first-order valence-corrected chi connectivity index (χ1v) is 7.26. The molecule has 0 radical (unpaired) electrons. The Morgan fingerprint density at radius 3 is 2.40 bits per heavy atom. The number of carbonyl (C=O) groups is 2. The highest BCUT2D eigenvalue weighted by Crippen LogP contribution is 2.32. The summed E-state index contributed by atoms with van der Waals surface area (Å²) in [5, 5.41) is 2.40. The van der Waals surface area contributed by atoms with Crippen LogP contribution in [0.3, 0.4) is 0 Å². The average molecular weight is 352 g/mol. The van der Waals surface area contributed by atoms with Gasteiger partial charge in [0.15, 0.2) is 0 Å². The molecule has 1 N–H and O–H groups in total. The number of benzene rings is 1. The summed E-state index contributed by atoms with van der Waals surface area (Å²) in [6, 6.07) is 6.47. The van der Waals surface area contributed by atoms with Crippen molar-refractivity contribution in [2.75, 3.05) is 7.11 Å². The third kappa shape index (κ3) is 4.79. The fourth-order valence-electron chi connectivity index (χ4n) is 2.28. The molecule has 8 heteroatoms. The standard InChI is InChI=1S/C17H15F3N2O3/c1-25-16(24)14(22-15(23)11-6-8-21-9-7-11)10-12-4-2-3-5-13(12)17(18,19)20/h2-9,14H,10H2,1H3,(H,22,23)/t14-/m1/s1. The Morgan fingerprint density at radius 2 is 1.80 bits per heavy atom. The van der Waals surface area contributed by atoms with Gasteiger partial charge >= 0.3 is 12.1 Å². The monoisotopic (exact) mass is 352 g/mol. The van der Waals surface area contributed by atoms with Crippen LogP contribution in [0.2, 0.25) is 0 Å². The van der Waals surface area contributed by atoms with Crippen molar-refractivity contribution in [2.45, 2.75) is 18.6 Å². The maximum atomic E-state index is 13.1. The number of esters is 1. The van der Waals surface area contributed by atoms with E-state index in [4.69, 9.17) is 0 Å². The molecule has 0 saturated carbocycles. The van der Waals surface area contributed by atoms with Crippen LogP contribution >= 0.6 is 0 Å². The topological polar surface area (TPSA) is 68.3 Å². The largest absolute Gasteiger partial charge is 0.467 e. The predicted octanol–water partition coefficient (Wildman–Crippen LogP) is 2.61. The quantitative estimate of drug-likeness (QED) is 0.840. The van der Waals surface area contributed by atoms with E-state index in [2.05, 4.69) is 15.0 Å². The highest BCUT2D eigenvalue weighted by atomic mass is 19.4. The van der Waals surface area contributed by atoms with Gasteiger partial charge in [-0.3, -0.25) is 9.78 Å². The van der Waals surface area contributed by atoms with Crippen molar-refractivity contribution in [1.82, 2.24) is 10.3 Å². The molecule has 1 aromatic carbocycles. The first-order chi connectivity index (χ1) is 11.8. The van der Waals surface area contributed by atoms with Crippen LogP contribution in [-0.4, -0.2) is 30.0 Å². The summed E-state index contributed by atoms with van der Waals surface area (Å²) in [5.74, 6) is -1.44. The van der Waals surface area contributed by atoms with Crippen LogP contribution in [0, 0.1) is 0 Å². The van der Waals surface area contributed by atoms with E-state index in [9.17, 15) is 22.8 Å². The fraction of sp³-hybridized carbons (Fsp3) is 0.235. The Balaban J connectivity index is 2.25. The summed E-state index contributed by atoms with van der Waals surface area (Å²) >= 11 is 0. The van der Waals surface area contributed by atoms with E-state index in [-0.39, 0.29) is 17.5 Å². The summed E-state index contributed by atoms with van der Waals surface area (Å²) in [5.41, 5.74) is -0.740. The lowest BCUT2D eigenvalue weighted by atomic mass is 9.99. The number of carbonyl (C=O) groups excluding carboxylic acids is 2. The van der Waals surface area contributed by atoms with Gasteiger partial charge in [-0.05, 0) is 23.8 Å². The summed E-state index contributed by atoms with van der Waals surface area (Å²) < 4.78 is 43.9. The predicted molar refractivity (Wildman–Crippen MR) is 82.7 cm³/mol. The molecule has 2 rings (SSSR count). The summed E-state index contributed by atoms with van der Waals surface area (Å²) in [6.07, 6.45) is -2.13. The molecule has 0 spiro atoms. The number of ether oxygens (including phenoxy) is 1. The first-order valence-electron chi connectivity index (χ1n) is 7.26. The Bertz CT molecular complexity index is 748. The van der Waals surface area contributed by atoms with Gasteiger partial charge in [0.1, 0.15) is 6.04 Å². The van der Waals surface area contributed by atoms with E-state index >= 15 is 0 Å². The van der Waals surface area contributed by atoms with Crippen LogP contribution < -0.4 is 5.32 Å². The molecule has 25 heavy (non-hydrogen) atoms. The molecule has 1 aromatic heterocycles.